The van der Waals surface area contributed by atoms with Crippen LogP contribution in [0.5, 0.6) is 5.75 Å². The van der Waals surface area contributed by atoms with Gasteiger partial charge in [-0.1, -0.05) is 6.92 Å². The Morgan fingerprint density at radius 1 is 1.53 bits per heavy atom. The van der Waals surface area contributed by atoms with Gasteiger partial charge in [-0.2, -0.15) is 0 Å². The van der Waals surface area contributed by atoms with Crippen LogP contribution in [-0.4, -0.2) is 15.8 Å². The lowest BCUT2D eigenvalue weighted by molar-refractivity contribution is -0.384. The highest BCUT2D eigenvalue weighted by Crippen LogP contribution is 2.38. The topological polar surface area (TPSA) is 80.4 Å². The Bertz CT molecular complexity index is 479. The second-order valence-electron chi connectivity index (χ2n) is 4.40. The average Bonchev–Trinajstić information content (AvgIpc) is 3.11. The van der Waals surface area contributed by atoms with Crippen LogP contribution >= 0.6 is 0 Å². The molecule has 0 amide bonds. The molecule has 17 heavy (non-hydrogen) atoms. The van der Waals surface area contributed by atoms with Crippen molar-refractivity contribution in [1.29, 1.82) is 0 Å². The standard InChI is InChI=1S/C12H13NO4/c1-7(12(15)8-2-3-8)10-6-9(13(16)17)4-5-11(10)14/h4-8,14H,2-3H2,1H3/t7-/m0/s1. The van der Waals surface area contributed by atoms with Crippen molar-refractivity contribution in [2.45, 2.75) is 25.7 Å². The van der Waals surface area contributed by atoms with Gasteiger partial charge < -0.3 is 5.11 Å². The number of Topliss-reactive ketones (excluding diaryl/α,β-unsaturated/α-hetero) is 1. The Kier molecular flexibility index (Phi) is 2.83. The SMILES string of the molecule is C[C@H](C(=O)C1CC1)c1cc([N+](=O)[O-])ccc1O. The largest absolute Gasteiger partial charge is 0.508 e. The van der Waals surface area contributed by atoms with Gasteiger partial charge in [0.15, 0.2) is 0 Å². The normalized spacial score (nSPS) is 16.5. The Labute approximate surface area is 98.2 Å². The summed E-state index contributed by atoms with van der Waals surface area (Å²) >= 11 is 0. The molecule has 90 valence electrons. The minimum Gasteiger partial charge on any atom is -0.508 e. The molecule has 0 spiro atoms. The summed E-state index contributed by atoms with van der Waals surface area (Å²) in [5.41, 5.74) is 0.240. The van der Waals surface area contributed by atoms with E-state index in [0.717, 1.165) is 12.8 Å². The van der Waals surface area contributed by atoms with Gasteiger partial charge >= 0.3 is 0 Å². The first-order valence-electron chi connectivity index (χ1n) is 5.51. The molecule has 5 nitrogen and oxygen atoms in total. The van der Waals surface area contributed by atoms with E-state index < -0.39 is 10.8 Å². The van der Waals surface area contributed by atoms with E-state index in [9.17, 15) is 20.0 Å². The van der Waals surface area contributed by atoms with Gasteiger partial charge in [-0.15, -0.1) is 0 Å². The summed E-state index contributed by atoms with van der Waals surface area (Å²) in [6.07, 6.45) is 1.78. The number of nitro groups is 1. The van der Waals surface area contributed by atoms with Gasteiger partial charge in [0, 0.05) is 29.5 Å². The molecule has 1 saturated carbocycles. The number of carbonyl (C=O) groups excluding carboxylic acids is 1. The fraction of sp³-hybridized carbons (Fsp3) is 0.417. The van der Waals surface area contributed by atoms with Crippen molar-refractivity contribution in [3.8, 4) is 5.75 Å². The number of rotatable bonds is 4. The first-order valence-corrected chi connectivity index (χ1v) is 5.51. The van der Waals surface area contributed by atoms with E-state index in [4.69, 9.17) is 0 Å². The van der Waals surface area contributed by atoms with Crippen LogP contribution in [0.1, 0.15) is 31.2 Å². The van der Waals surface area contributed by atoms with E-state index in [2.05, 4.69) is 0 Å². The molecule has 0 heterocycles. The number of non-ortho nitro benzene ring substituents is 1. The lowest BCUT2D eigenvalue weighted by Crippen LogP contribution is -2.11. The molecular formula is C12H13NO4. The molecule has 1 N–H and O–H groups in total. The van der Waals surface area contributed by atoms with Gasteiger partial charge in [-0.25, -0.2) is 0 Å². The summed E-state index contributed by atoms with van der Waals surface area (Å²) in [5, 5.41) is 20.3. The Hall–Kier alpha value is -1.91. The highest BCUT2D eigenvalue weighted by atomic mass is 16.6. The molecule has 1 fully saturated rings. The third-order valence-corrected chi connectivity index (χ3v) is 3.09. The summed E-state index contributed by atoms with van der Waals surface area (Å²) in [6, 6.07) is 3.78. The molecule has 1 atom stereocenters. The minimum atomic E-state index is -0.530. The maximum absolute atomic E-state index is 11.9. The summed E-state index contributed by atoms with van der Waals surface area (Å²) < 4.78 is 0. The summed E-state index contributed by atoms with van der Waals surface area (Å²) in [6.45, 7) is 1.68. The van der Waals surface area contributed by atoms with Gasteiger partial charge in [0.1, 0.15) is 11.5 Å². The molecule has 1 aliphatic rings. The molecule has 0 saturated heterocycles. The van der Waals surface area contributed by atoms with Gasteiger partial charge in [-0.05, 0) is 18.9 Å². The van der Waals surface area contributed by atoms with Crippen LogP contribution in [0.3, 0.4) is 0 Å². The fourth-order valence-electron chi connectivity index (χ4n) is 1.88. The molecule has 0 bridgehead atoms. The van der Waals surface area contributed by atoms with Crippen LogP contribution < -0.4 is 0 Å². The number of nitrogens with zero attached hydrogens (tertiary/aromatic N) is 1. The number of aromatic hydroxyl groups is 1. The maximum atomic E-state index is 11.9. The third-order valence-electron chi connectivity index (χ3n) is 3.09. The predicted octanol–water partition coefficient (Wildman–Crippen LogP) is 2.38. The minimum absolute atomic E-state index is 0.0563. The molecule has 5 heteroatoms. The van der Waals surface area contributed by atoms with Gasteiger partial charge in [-0.3, -0.25) is 14.9 Å². The number of ketones is 1. The zero-order valence-corrected chi connectivity index (χ0v) is 9.42. The van der Waals surface area contributed by atoms with E-state index in [1.165, 1.54) is 18.2 Å². The summed E-state index contributed by atoms with van der Waals surface area (Å²) in [4.78, 5) is 22.0. The first kappa shape index (κ1) is 11.6. The zero-order valence-electron chi connectivity index (χ0n) is 9.42. The van der Waals surface area contributed by atoms with E-state index in [1.54, 1.807) is 6.92 Å². The van der Waals surface area contributed by atoms with Crippen molar-refractivity contribution in [2.75, 3.05) is 0 Å². The zero-order chi connectivity index (χ0) is 12.6. The molecule has 2 rings (SSSR count). The summed E-state index contributed by atoms with van der Waals surface area (Å²) in [5.74, 6) is -0.413. The van der Waals surface area contributed by atoms with E-state index in [-0.39, 0.29) is 23.1 Å². The van der Waals surface area contributed by atoms with Crippen LogP contribution in [-0.2, 0) is 4.79 Å². The molecule has 0 unspecified atom stereocenters. The number of phenols is 1. The van der Waals surface area contributed by atoms with Gasteiger partial charge in [0.2, 0.25) is 0 Å². The Balaban J connectivity index is 2.32. The highest BCUT2D eigenvalue weighted by Gasteiger charge is 2.34. The third kappa shape index (κ3) is 2.27. The van der Waals surface area contributed by atoms with Crippen molar-refractivity contribution in [3.05, 3.63) is 33.9 Å². The van der Waals surface area contributed by atoms with Crippen LogP contribution in [0.2, 0.25) is 0 Å². The van der Waals surface area contributed by atoms with Crippen LogP contribution in [0.15, 0.2) is 18.2 Å². The van der Waals surface area contributed by atoms with Gasteiger partial charge in [0.05, 0.1) is 4.92 Å². The van der Waals surface area contributed by atoms with Crippen LogP contribution in [0, 0.1) is 16.0 Å². The molecule has 0 radical (unpaired) electrons. The van der Waals surface area contributed by atoms with Crippen LogP contribution in [0.4, 0.5) is 5.69 Å². The monoisotopic (exact) mass is 235 g/mol. The second-order valence-corrected chi connectivity index (χ2v) is 4.40. The van der Waals surface area contributed by atoms with Gasteiger partial charge in [0.25, 0.3) is 5.69 Å². The number of carbonyl (C=O) groups is 1. The molecule has 0 aromatic heterocycles. The number of nitro benzene ring substituents is 1. The molecular weight excluding hydrogens is 222 g/mol. The fourth-order valence-corrected chi connectivity index (χ4v) is 1.88. The first-order chi connectivity index (χ1) is 8.00. The van der Waals surface area contributed by atoms with E-state index >= 15 is 0 Å². The van der Waals surface area contributed by atoms with Crippen molar-refractivity contribution in [3.63, 3.8) is 0 Å². The van der Waals surface area contributed by atoms with Crippen molar-refractivity contribution < 1.29 is 14.8 Å². The van der Waals surface area contributed by atoms with Crippen LogP contribution in [0.25, 0.3) is 0 Å². The molecule has 0 aliphatic heterocycles. The Morgan fingerprint density at radius 2 is 2.18 bits per heavy atom. The molecule has 1 aromatic rings. The highest BCUT2D eigenvalue weighted by molar-refractivity contribution is 5.90. The van der Waals surface area contributed by atoms with Crippen molar-refractivity contribution >= 4 is 11.5 Å². The van der Waals surface area contributed by atoms with E-state index in [1.807, 2.05) is 0 Å². The quantitative estimate of drug-likeness (QED) is 0.641. The maximum Gasteiger partial charge on any atom is 0.269 e. The smallest absolute Gasteiger partial charge is 0.269 e. The molecule has 1 aromatic carbocycles. The number of hydrogen-bond acceptors (Lipinski definition) is 4. The van der Waals surface area contributed by atoms with Crippen molar-refractivity contribution in [2.24, 2.45) is 5.92 Å². The number of phenolic OH excluding ortho intramolecular Hbond substituents is 1. The lowest BCUT2D eigenvalue weighted by atomic mass is 9.93. The average molecular weight is 235 g/mol. The lowest BCUT2D eigenvalue weighted by Gasteiger charge is -2.11. The second kappa shape index (κ2) is 4.16. The Morgan fingerprint density at radius 3 is 2.71 bits per heavy atom. The number of benzene rings is 1. The predicted molar refractivity (Wildman–Crippen MR) is 60.9 cm³/mol. The molecule has 1 aliphatic carbocycles. The van der Waals surface area contributed by atoms with Crippen molar-refractivity contribution in [1.82, 2.24) is 0 Å². The number of hydrogen-bond donors (Lipinski definition) is 1. The van der Waals surface area contributed by atoms with E-state index in [0.29, 0.717) is 5.56 Å². The summed E-state index contributed by atoms with van der Waals surface area (Å²) in [7, 11) is 0.